The highest BCUT2D eigenvalue weighted by Gasteiger charge is 2.28. The van der Waals surface area contributed by atoms with Crippen molar-refractivity contribution < 1.29 is 14.3 Å². The molecule has 0 saturated carbocycles. The Morgan fingerprint density at radius 1 is 1.30 bits per heavy atom. The summed E-state index contributed by atoms with van der Waals surface area (Å²) in [5, 5.41) is 3.05. The van der Waals surface area contributed by atoms with Crippen molar-refractivity contribution >= 4 is 17.7 Å². The van der Waals surface area contributed by atoms with E-state index in [9.17, 15) is 4.79 Å². The Balaban J connectivity index is 1.73. The van der Waals surface area contributed by atoms with Crippen molar-refractivity contribution in [2.75, 3.05) is 45.7 Å². The zero-order valence-electron chi connectivity index (χ0n) is 14.1. The van der Waals surface area contributed by atoms with Gasteiger partial charge in [-0.3, -0.25) is 9.69 Å². The summed E-state index contributed by atoms with van der Waals surface area (Å²) in [5.41, 5.74) is -0.0514. The van der Waals surface area contributed by atoms with Crippen molar-refractivity contribution in [1.82, 2.24) is 10.2 Å². The number of benzene rings is 1. The van der Waals surface area contributed by atoms with Crippen LogP contribution >= 0.6 is 11.8 Å². The number of thioether (sulfide) groups is 1. The molecule has 1 amide bonds. The number of hydrogen-bond acceptors (Lipinski definition) is 5. The summed E-state index contributed by atoms with van der Waals surface area (Å²) in [6.45, 7) is 8.35. The minimum atomic E-state index is -0.0514. The fourth-order valence-electron chi connectivity index (χ4n) is 2.47. The molecule has 1 fully saturated rings. The topological polar surface area (TPSA) is 50.8 Å². The molecule has 0 unspecified atom stereocenters. The van der Waals surface area contributed by atoms with Gasteiger partial charge in [-0.2, -0.15) is 0 Å². The van der Waals surface area contributed by atoms with E-state index in [4.69, 9.17) is 9.47 Å². The van der Waals surface area contributed by atoms with Crippen molar-refractivity contribution in [3.05, 3.63) is 24.3 Å². The third-order valence-electron chi connectivity index (χ3n) is 4.01. The predicted octanol–water partition coefficient (Wildman–Crippen LogP) is 2.01. The van der Waals surface area contributed by atoms with Crippen LogP contribution in [0, 0.1) is 0 Å². The quantitative estimate of drug-likeness (QED) is 0.771. The van der Waals surface area contributed by atoms with Crippen molar-refractivity contribution in [1.29, 1.82) is 0 Å². The van der Waals surface area contributed by atoms with Crippen molar-refractivity contribution in [2.45, 2.75) is 24.3 Å². The van der Waals surface area contributed by atoms with Gasteiger partial charge >= 0.3 is 0 Å². The molecule has 1 aromatic carbocycles. The fraction of sp³-hybridized carbons (Fsp3) is 0.588. The van der Waals surface area contributed by atoms with Crippen LogP contribution in [0.15, 0.2) is 29.2 Å². The molecule has 23 heavy (non-hydrogen) atoms. The highest BCUT2D eigenvalue weighted by Crippen LogP contribution is 2.21. The molecular formula is C17H26N2O3S. The first-order valence-corrected chi connectivity index (χ1v) is 8.86. The molecular weight excluding hydrogens is 312 g/mol. The minimum absolute atomic E-state index is 0.0514. The van der Waals surface area contributed by atoms with Gasteiger partial charge in [-0.15, -0.1) is 11.8 Å². The van der Waals surface area contributed by atoms with Gasteiger partial charge in [0.05, 0.1) is 26.1 Å². The van der Waals surface area contributed by atoms with E-state index in [1.54, 1.807) is 7.11 Å². The average molecular weight is 338 g/mol. The standard InChI is InChI=1S/C17H26N2O3S/c1-17(2,19-8-10-22-11-9-19)13-18-16(20)12-23-15-6-4-14(21-3)5-7-15/h4-7H,8-13H2,1-3H3,(H,18,20). The van der Waals surface area contributed by atoms with Crippen LogP contribution in [0.5, 0.6) is 5.75 Å². The maximum absolute atomic E-state index is 12.1. The summed E-state index contributed by atoms with van der Waals surface area (Å²) >= 11 is 1.53. The van der Waals surface area contributed by atoms with Gasteiger partial charge in [-0.05, 0) is 38.1 Å². The molecule has 0 atom stereocenters. The molecule has 0 bridgehead atoms. The van der Waals surface area contributed by atoms with Gasteiger partial charge in [-0.1, -0.05) is 0 Å². The van der Waals surface area contributed by atoms with Gasteiger partial charge in [0.15, 0.2) is 0 Å². The third kappa shape index (κ3) is 5.71. The molecule has 6 heteroatoms. The van der Waals surface area contributed by atoms with E-state index in [1.807, 2.05) is 24.3 Å². The van der Waals surface area contributed by atoms with Crippen LogP contribution in [-0.4, -0.2) is 62.1 Å². The second-order valence-corrected chi connectivity index (χ2v) is 7.20. The Hall–Kier alpha value is -1.24. The second-order valence-electron chi connectivity index (χ2n) is 6.15. The van der Waals surface area contributed by atoms with Crippen LogP contribution in [0.1, 0.15) is 13.8 Å². The number of morpholine rings is 1. The summed E-state index contributed by atoms with van der Waals surface area (Å²) in [5.74, 6) is 1.31. The lowest BCUT2D eigenvalue weighted by atomic mass is 10.0. The van der Waals surface area contributed by atoms with E-state index < -0.39 is 0 Å². The first-order valence-electron chi connectivity index (χ1n) is 7.87. The number of nitrogens with one attached hydrogen (secondary N) is 1. The molecule has 0 aliphatic carbocycles. The van der Waals surface area contributed by atoms with Crippen molar-refractivity contribution in [3.8, 4) is 5.75 Å². The lowest BCUT2D eigenvalue weighted by molar-refractivity contribution is -0.119. The van der Waals surface area contributed by atoms with Crippen molar-refractivity contribution in [3.63, 3.8) is 0 Å². The van der Waals surface area contributed by atoms with E-state index in [-0.39, 0.29) is 11.4 Å². The largest absolute Gasteiger partial charge is 0.497 e. The second kappa shape index (κ2) is 8.57. The maximum Gasteiger partial charge on any atom is 0.230 e. The molecule has 0 aromatic heterocycles. The maximum atomic E-state index is 12.1. The number of ether oxygens (including phenoxy) is 2. The number of nitrogens with zero attached hydrogens (tertiary/aromatic N) is 1. The number of rotatable bonds is 7. The smallest absolute Gasteiger partial charge is 0.230 e. The Morgan fingerprint density at radius 2 is 1.96 bits per heavy atom. The number of carbonyl (C=O) groups is 1. The van der Waals surface area contributed by atoms with E-state index in [0.717, 1.165) is 36.9 Å². The van der Waals surface area contributed by atoms with E-state index >= 15 is 0 Å². The lowest BCUT2D eigenvalue weighted by Gasteiger charge is -2.40. The molecule has 1 aliphatic rings. The molecule has 1 N–H and O–H groups in total. The number of carbonyl (C=O) groups excluding carboxylic acids is 1. The summed E-state index contributed by atoms with van der Waals surface area (Å²) in [7, 11) is 1.64. The summed E-state index contributed by atoms with van der Waals surface area (Å²) in [6.07, 6.45) is 0. The molecule has 128 valence electrons. The molecule has 1 saturated heterocycles. The van der Waals surface area contributed by atoms with Gasteiger partial charge in [0.2, 0.25) is 5.91 Å². The Labute approximate surface area is 142 Å². The van der Waals surface area contributed by atoms with Crippen LogP contribution in [0.2, 0.25) is 0 Å². The summed E-state index contributed by atoms with van der Waals surface area (Å²) in [6, 6.07) is 7.74. The first kappa shape index (κ1) is 18.1. The Morgan fingerprint density at radius 3 is 2.57 bits per heavy atom. The highest BCUT2D eigenvalue weighted by molar-refractivity contribution is 8.00. The molecule has 1 aromatic rings. The zero-order chi connectivity index (χ0) is 16.7. The van der Waals surface area contributed by atoms with Crippen LogP contribution in [0.3, 0.4) is 0 Å². The number of methoxy groups -OCH3 is 1. The average Bonchev–Trinajstić information content (AvgIpc) is 2.59. The normalized spacial score (nSPS) is 16.1. The van der Waals surface area contributed by atoms with E-state index in [1.165, 1.54) is 11.8 Å². The first-order chi connectivity index (χ1) is 11.0. The van der Waals surface area contributed by atoms with Gasteiger partial charge in [0.1, 0.15) is 5.75 Å². The number of amides is 1. The molecule has 0 spiro atoms. The third-order valence-corrected chi connectivity index (χ3v) is 5.03. The number of hydrogen-bond donors (Lipinski definition) is 1. The zero-order valence-corrected chi connectivity index (χ0v) is 14.9. The fourth-order valence-corrected chi connectivity index (χ4v) is 3.20. The van der Waals surface area contributed by atoms with E-state index in [0.29, 0.717) is 12.3 Å². The molecule has 0 radical (unpaired) electrons. The van der Waals surface area contributed by atoms with Gasteiger partial charge in [0.25, 0.3) is 0 Å². The van der Waals surface area contributed by atoms with E-state index in [2.05, 4.69) is 24.1 Å². The molecule has 5 nitrogen and oxygen atoms in total. The molecule has 1 heterocycles. The van der Waals surface area contributed by atoms with Crippen LogP contribution in [0.4, 0.5) is 0 Å². The molecule has 1 aliphatic heterocycles. The van der Waals surface area contributed by atoms with Gasteiger partial charge < -0.3 is 14.8 Å². The Kier molecular flexibility index (Phi) is 6.74. The predicted molar refractivity (Wildman–Crippen MR) is 93.2 cm³/mol. The van der Waals surface area contributed by atoms with Gasteiger partial charge in [-0.25, -0.2) is 0 Å². The monoisotopic (exact) mass is 338 g/mol. The summed E-state index contributed by atoms with van der Waals surface area (Å²) in [4.78, 5) is 15.5. The minimum Gasteiger partial charge on any atom is -0.497 e. The van der Waals surface area contributed by atoms with Crippen LogP contribution in [0.25, 0.3) is 0 Å². The highest BCUT2D eigenvalue weighted by atomic mass is 32.2. The van der Waals surface area contributed by atoms with Crippen LogP contribution in [-0.2, 0) is 9.53 Å². The van der Waals surface area contributed by atoms with Crippen LogP contribution < -0.4 is 10.1 Å². The van der Waals surface area contributed by atoms with Gasteiger partial charge in [0, 0.05) is 30.1 Å². The molecule has 2 rings (SSSR count). The lowest BCUT2D eigenvalue weighted by Crippen LogP contribution is -2.55. The summed E-state index contributed by atoms with van der Waals surface area (Å²) < 4.78 is 10.5. The SMILES string of the molecule is COc1ccc(SCC(=O)NCC(C)(C)N2CCOCC2)cc1. The Bertz CT molecular complexity index is 499. The van der Waals surface area contributed by atoms with Crippen molar-refractivity contribution in [2.24, 2.45) is 0 Å².